The van der Waals surface area contributed by atoms with E-state index < -0.39 is 4.92 Å². The van der Waals surface area contributed by atoms with Gasteiger partial charge in [0.25, 0.3) is 11.6 Å². The van der Waals surface area contributed by atoms with Gasteiger partial charge in [-0.3, -0.25) is 14.9 Å². The summed E-state index contributed by atoms with van der Waals surface area (Å²) in [6.45, 7) is 0.434. The topological polar surface area (TPSA) is 97.2 Å². The molecule has 27 heavy (non-hydrogen) atoms. The van der Waals surface area contributed by atoms with Crippen molar-refractivity contribution in [3.8, 4) is 11.3 Å². The van der Waals surface area contributed by atoms with E-state index in [9.17, 15) is 14.9 Å². The fourth-order valence-electron chi connectivity index (χ4n) is 2.67. The van der Waals surface area contributed by atoms with E-state index in [1.807, 2.05) is 24.3 Å². The Morgan fingerprint density at radius 3 is 2.56 bits per heavy atom. The summed E-state index contributed by atoms with van der Waals surface area (Å²) in [4.78, 5) is 27.0. The van der Waals surface area contributed by atoms with Gasteiger partial charge in [0.2, 0.25) is 0 Å². The maximum atomic E-state index is 11.7. The summed E-state index contributed by atoms with van der Waals surface area (Å²) >= 11 is 0. The van der Waals surface area contributed by atoms with Gasteiger partial charge >= 0.3 is 0 Å². The van der Waals surface area contributed by atoms with Gasteiger partial charge in [-0.25, -0.2) is 4.98 Å². The number of anilines is 1. The smallest absolute Gasteiger partial charge is 0.295 e. The molecule has 0 radical (unpaired) electrons. The molecule has 0 atom stereocenters. The maximum Gasteiger partial charge on any atom is 0.295 e. The average Bonchev–Trinajstić information content (AvgIpc) is 2.72. The molecule has 0 saturated heterocycles. The molecule has 7 nitrogen and oxygen atoms in total. The Labute approximate surface area is 156 Å². The average molecular weight is 362 g/mol. The molecule has 3 rings (SSSR count). The molecule has 3 aromatic rings. The van der Waals surface area contributed by atoms with Crippen LogP contribution in [0.15, 0.2) is 66.7 Å². The number of hydrogen-bond donors (Lipinski definition) is 2. The molecular formula is C20H18N4O3. The number of nitrogens with zero attached hydrogens (tertiary/aromatic N) is 2. The number of pyridine rings is 1. The maximum absolute atomic E-state index is 11.7. The first kappa shape index (κ1) is 18.1. The van der Waals surface area contributed by atoms with Crippen molar-refractivity contribution in [2.75, 3.05) is 12.4 Å². The highest BCUT2D eigenvalue weighted by atomic mass is 16.6. The number of hydrogen-bond acceptors (Lipinski definition) is 5. The first-order chi connectivity index (χ1) is 13.1. The third kappa shape index (κ3) is 4.27. The zero-order chi connectivity index (χ0) is 19.2. The highest BCUT2D eigenvalue weighted by Crippen LogP contribution is 2.29. The third-order valence-electron chi connectivity index (χ3n) is 4.01. The molecule has 2 aromatic carbocycles. The number of benzene rings is 2. The summed E-state index contributed by atoms with van der Waals surface area (Å²) in [5.74, 6) is 0.362. The Kier molecular flexibility index (Phi) is 5.41. The van der Waals surface area contributed by atoms with Crippen LogP contribution in [0.4, 0.5) is 11.5 Å². The summed E-state index contributed by atoms with van der Waals surface area (Å²) in [5, 5.41) is 17.1. The van der Waals surface area contributed by atoms with Gasteiger partial charge in [-0.2, -0.15) is 0 Å². The Bertz CT molecular complexity index is 974. The van der Waals surface area contributed by atoms with Gasteiger partial charge in [0.15, 0.2) is 5.69 Å². The van der Waals surface area contributed by atoms with Crippen LogP contribution in [-0.4, -0.2) is 22.9 Å². The van der Waals surface area contributed by atoms with E-state index >= 15 is 0 Å². The zero-order valence-electron chi connectivity index (χ0n) is 14.7. The van der Waals surface area contributed by atoms with E-state index in [0.717, 1.165) is 5.56 Å². The Hall–Kier alpha value is -3.74. The molecule has 1 aromatic heterocycles. The Morgan fingerprint density at radius 2 is 1.85 bits per heavy atom. The molecule has 0 aliphatic heterocycles. The van der Waals surface area contributed by atoms with E-state index in [1.165, 1.54) is 6.07 Å². The number of nitro groups is 1. The summed E-state index contributed by atoms with van der Waals surface area (Å²) < 4.78 is 0. The van der Waals surface area contributed by atoms with Crippen molar-refractivity contribution in [2.24, 2.45) is 0 Å². The highest BCUT2D eigenvalue weighted by molar-refractivity contribution is 5.94. The summed E-state index contributed by atoms with van der Waals surface area (Å²) in [5.41, 5.74) is 2.41. The first-order valence-corrected chi connectivity index (χ1v) is 8.34. The van der Waals surface area contributed by atoms with E-state index in [2.05, 4.69) is 15.6 Å². The lowest BCUT2D eigenvalue weighted by Gasteiger charge is -2.09. The van der Waals surface area contributed by atoms with Crippen molar-refractivity contribution in [3.05, 3.63) is 88.0 Å². The standard InChI is InChI=1S/C20H18N4O3/c1-21-20(25)16-9-5-6-14(12-16)13-22-18-11-10-17(24(26)27)19(23-18)15-7-3-2-4-8-15/h2-12H,13H2,1H3,(H,21,25)(H,22,23). The van der Waals surface area contributed by atoms with Crippen LogP contribution in [0.3, 0.4) is 0 Å². The zero-order valence-corrected chi connectivity index (χ0v) is 14.7. The van der Waals surface area contributed by atoms with Gasteiger partial charge < -0.3 is 10.6 Å². The van der Waals surface area contributed by atoms with Crippen LogP contribution in [-0.2, 0) is 6.54 Å². The van der Waals surface area contributed by atoms with Crippen LogP contribution in [0.5, 0.6) is 0 Å². The highest BCUT2D eigenvalue weighted by Gasteiger charge is 2.17. The minimum absolute atomic E-state index is 0.0478. The van der Waals surface area contributed by atoms with E-state index in [0.29, 0.717) is 29.2 Å². The number of amides is 1. The van der Waals surface area contributed by atoms with Crippen molar-refractivity contribution in [1.29, 1.82) is 0 Å². The quantitative estimate of drug-likeness (QED) is 0.515. The molecule has 1 heterocycles. The lowest BCUT2D eigenvalue weighted by atomic mass is 10.1. The second-order valence-electron chi connectivity index (χ2n) is 5.82. The molecule has 7 heteroatoms. The minimum Gasteiger partial charge on any atom is -0.366 e. The summed E-state index contributed by atoms with van der Waals surface area (Å²) in [7, 11) is 1.58. The molecule has 1 amide bonds. The lowest BCUT2D eigenvalue weighted by molar-refractivity contribution is -0.384. The van der Waals surface area contributed by atoms with Crippen LogP contribution in [0.25, 0.3) is 11.3 Å². The fraction of sp³-hybridized carbons (Fsp3) is 0.100. The second kappa shape index (κ2) is 8.09. The van der Waals surface area contributed by atoms with Gasteiger partial charge in [0.1, 0.15) is 5.82 Å². The molecule has 2 N–H and O–H groups in total. The normalized spacial score (nSPS) is 10.3. The van der Waals surface area contributed by atoms with E-state index in [1.54, 1.807) is 43.4 Å². The van der Waals surface area contributed by atoms with Gasteiger partial charge in [0.05, 0.1) is 4.92 Å². The van der Waals surface area contributed by atoms with Crippen LogP contribution < -0.4 is 10.6 Å². The lowest BCUT2D eigenvalue weighted by Crippen LogP contribution is -2.18. The van der Waals surface area contributed by atoms with Crippen LogP contribution >= 0.6 is 0 Å². The predicted molar refractivity (Wildman–Crippen MR) is 103 cm³/mol. The van der Waals surface area contributed by atoms with Gasteiger partial charge in [-0.15, -0.1) is 0 Å². The molecule has 0 aliphatic carbocycles. The number of nitrogens with one attached hydrogen (secondary N) is 2. The molecular weight excluding hydrogens is 344 g/mol. The predicted octanol–water partition coefficient (Wildman–Crippen LogP) is 3.63. The molecule has 0 bridgehead atoms. The number of aromatic nitrogens is 1. The SMILES string of the molecule is CNC(=O)c1cccc(CNc2ccc([N+](=O)[O-])c(-c3ccccc3)n2)c1. The van der Waals surface area contributed by atoms with Gasteiger partial charge in [-0.1, -0.05) is 42.5 Å². The Morgan fingerprint density at radius 1 is 1.07 bits per heavy atom. The van der Waals surface area contributed by atoms with Crippen molar-refractivity contribution in [1.82, 2.24) is 10.3 Å². The number of carbonyl (C=O) groups is 1. The van der Waals surface area contributed by atoms with E-state index in [-0.39, 0.29) is 11.6 Å². The molecule has 0 unspecified atom stereocenters. The van der Waals surface area contributed by atoms with Gasteiger partial charge in [-0.05, 0) is 23.8 Å². The van der Waals surface area contributed by atoms with Crippen molar-refractivity contribution in [2.45, 2.75) is 6.54 Å². The van der Waals surface area contributed by atoms with Crippen molar-refractivity contribution in [3.63, 3.8) is 0 Å². The van der Waals surface area contributed by atoms with Crippen LogP contribution in [0.1, 0.15) is 15.9 Å². The second-order valence-corrected chi connectivity index (χ2v) is 5.82. The van der Waals surface area contributed by atoms with Crippen molar-refractivity contribution < 1.29 is 9.72 Å². The first-order valence-electron chi connectivity index (χ1n) is 8.34. The molecule has 136 valence electrons. The molecule has 0 aliphatic rings. The molecule has 0 spiro atoms. The number of carbonyl (C=O) groups excluding carboxylic acids is 1. The Balaban J connectivity index is 1.84. The van der Waals surface area contributed by atoms with E-state index in [4.69, 9.17) is 0 Å². The minimum atomic E-state index is -0.439. The molecule has 0 fully saturated rings. The fourth-order valence-corrected chi connectivity index (χ4v) is 2.67. The van der Waals surface area contributed by atoms with Crippen molar-refractivity contribution >= 4 is 17.4 Å². The molecule has 0 saturated carbocycles. The number of rotatable bonds is 6. The summed E-state index contributed by atoms with van der Waals surface area (Å²) in [6.07, 6.45) is 0. The van der Waals surface area contributed by atoms with Crippen LogP contribution in [0.2, 0.25) is 0 Å². The van der Waals surface area contributed by atoms with Gasteiger partial charge in [0, 0.05) is 30.8 Å². The monoisotopic (exact) mass is 362 g/mol. The summed E-state index contributed by atoms with van der Waals surface area (Å²) in [6, 6.07) is 19.3. The largest absolute Gasteiger partial charge is 0.366 e. The van der Waals surface area contributed by atoms with Crippen LogP contribution in [0, 0.1) is 10.1 Å². The third-order valence-corrected chi connectivity index (χ3v) is 4.01.